The molecule has 8 nitrogen and oxygen atoms in total. The summed E-state index contributed by atoms with van der Waals surface area (Å²) in [7, 11) is 0. The molecule has 10 heteroatoms. The molecule has 3 aromatic rings. The van der Waals surface area contributed by atoms with E-state index in [1.165, 1.54) is 24.3 Å². The summed E-state index contributed by atoms with van der Waals surface area (Å²) in [6, 6.07) is 7.22. The largest absolute Gasteiger partial charge is 0.356 e. The molecule has 0 atom stereocenters. The van der Waals surface area contributed by atoms with E-state index >= 15 is 0 Å². The molecule has 0 saturated carbocycles. The van der Waals surface area contributed by atoms with Crippen LogP contribution in [0.5, 0.6) is 0 Å². The first-order chi connectivity index (χ1) is 11.5. The van der Waals surface area contributed by atoms with Crippen LogP contribution in [0.25, 0.3) is 11.3 Å². The van der Waals surface area contributed by atoms with E-state index in [9.17, 15) is 19.3 Å². The van der Waals surface area contributed by atoms with Gasteiger partial charge in [-0.3, -0.25) is 14.9 Å². The Morgan fingerprint density at radius 2 is 2.12 bits per heavy atom. The molecule has 1 N–H and O–H groups in total. The summed E-state index contributed by atoms with van der Waals surface area (Å²) in [5, 5.41) is 16.8. The lowest BCUT2D eigenvalue weighted by Gasteiger charge is -1.97. The molecule has 2 heterocycles. The second kappa shape index (κ2) is 6.54. The van der Waals surface area contributed by atoms with Gasteiger partial charge in [-0.05, 0) is 35.6 Å². The Bertz CT molecular complexity index is 890. The average molecular weight is 348 g/mol. The van der Waals surface area contributed by atoms with Crippen molar-refractivity contribution in [3.05, 3.63) is 58.2 Å². The highest BCUT2D eigenvalue weighted by Crippen LogP contribution is 2.25. The summed E-state index contributed by atoms with van der Waals surface area (Å²) in [4.78, 5) is 25.6. The van der Waals surface area contributed by atoms with Crippen molar-refractivity contribution < 1.29 is 18.6 Å². The van der Waals surface area contributed by atoms with Crippen molar-refractivity contribution in [2.75, 3.05) is 5.32 Å². The molecule has 0 spiro atoms. The predicted octanol–water partition coefficient (Wildman–Crippen LogP) is 3.03. The predicted molar refractivity (Wildman–Crippen MR) is 83.0 cm³/mol. The Morgan fingerprint density at radius 1 is 1.38 bits per heavy atom. The van der Waals surface area contributed by atoms with E-state index in [0.29, 0.717) is 17.0 Å². The quantitative estimate of drug-likeness (QED) is 0.560. The number of anilines is 1. The molecule has 1 amide bonds. The third-order valence-corrected chi connectivity index (χ3v) is 3.81. The van der Waals surface area contributed by atoms with Gasteiger partial charge in [0, 0.05) is 11.6 Å². The Kier molecular flexibility index (Phi) is 4.29. The van der Waals surface area contributed by atoms with Crippen molar-refractivity contribution >= 4 is 27.4 Å². The molecule has 0 radical (unpaired) electrons. The molecule has 3 rings (SSSR count). The van der Waals surface area contributed by atoms with Crippen LogP contribution in [0.4, 0.5) is 14.5 Å². The number of nitrogens with zero attached hydrogens (tertiary/aromatic N) is 3. The summed E-state index contributed by atoms with van der Waals surface area (Å²) in [6.07, 6.45) is 0.987. The lowest BCUT2D eigenvalue weighted by Crippen LogP contribution is -2.14. The zero-order valence-corrected chi connectivity index (χ0v) is 12.7. The van der Waals surface area contributed by atoms with Crippen LogP contribution < -0.4 is 5.32 Å². The normalized spacial score (nSPS) is 10.5. The molecule has 0 fully saturated rings. The van der Waals surface area contributed by atoms with Gasteiger partial charge in [-0.15, -0.1) is 0 Å². The maximum absolute atomic E-state index is 12.9. The minimum atomic E-state index is -0.583. The number of hydrogen-bond donors (Lipinski definition) is 1. The molecule has 0 aliphatic heterocycles. The molecule has 122 valence electrons. The smallest absolute Gasteiger partial charge is 0.345 e. The molecule has 0 aliphatic carbocycles. The number of nitrogens with one attached hydrogen (secondary N) is 1. The van der Waals surface area contributed by atoms with Gasteiger partial charge >= 0.3 is 5.00 Å². The summed E-state index contributed by atoms with van der Waals surface area (Å²) in [5.41, 5.74) is 1.00. The number of hydrogen-bond acceptors (Lipinski definition) is 7. The summed E-state index contributed by atoms with van der Waals surface area (Å²) < 4.78 is 18.0. The van der Waals surface area contributed by atoms with Crippen molar-refractivity contribution in [2.45, 2.75) is 6.42 Å². The molecule has 0 saturated heterocycles. The number of halogens is 1. The monoisotopic (exact) mass is 348 g/mol. The fourth-order valence-corrected chi connectivity index (χ4v) is 2.53. The highest BCUT2D eigenvalue weighted by atomic mass is 32.1. The lowest BCUT2D eigenvalue weighted by atomic mass is 10.1. The van der Waals surface area contributed by atoms with E-state index in [1.54, 1.807) is 6.07 Å². The molecule has 1 aromatic carbocycles. The maximum Gasteiger partial charge on any atom is 0.345 e. The zero-order valence-electron chi connectivity index (χ0n) is 11.9. The minimum Gasteiger partial charge on any atom is -0.356 e. The third kappa shape index (κ3) is 3.60. The van der Waals surface area contributed by atoms with Gasteiger partial charge in [-0.2, -0.15) is 0 Å². The fourth-order valence-electron chi connectivity index (χ4n) is 1.88. The minimum absolute atomic E-state index is 0.0852. The van der Waals surface area contributed by atoms with Crippen LogP contribution >= 0.6 is 11.3 Å². The number of aromatic nitrogens is 2. The van der Waals surface area contributed by atoms with Crippen LogP contribution in [0, 0.1) is 15.9 Å². The number of nitro groups is 1. The highest BCUT2D eigenvalue weighted by molar-refractivity contribution is 7.18. The van der Waals surface area contributed by atoms with E-state index in [2.05, 4.69) is 15.5 Å². The van der Waals surface area contributed by atoms with Crippen molar-refractivity contribution in [3.63, 3.8) is 0 Å². The Morgan fingerprint density at radius 3 is 2.79 bits per heavy atom. The lowest BCUT2D eigenvalue weighted by molar-refractivity contribution is -0.380. The molecule has 0 bridgehead atoms. The molecule has 2 aromatic heterocycles. The fraction of sp³-hybridized carbons (Fsp3) is 0.0714. The number of amides is 1. The second-order valence-corrected chi connectivity index (χ2v) is 5.68. The van der Waals surface area contributed by atoms with Gasteiger partial charge in [-0.1, -0.05) is 5.16 Å². The molecule has 0 unspecified atom stereocenters. The van der Waals surface area contributed by atoms with Crippen LogP contribution in [0.2, 0.25) is 0 Å². The highest BCUT2D eigenvalue weighted by Gasteiger charge is 2.15. The van der Waals surface area contributed by atoms with Crippen LogP contribution in [-0.4, -0.2) is 21.0 Å². The first-order valence-corrected chi connectivity index (χ1v) is 7.44. The van der Waals surface area contributed by atoms with Gasteiger partial charge in [-0.25, -0.2) is 9.37 Å². The van der Waals surface area contributed by atoms with Crippen molar-refractivity contribution in [1.82, 2.24) is 10.1 Å². The van der Waals surface area contributed by atoms with E-state index in [-0.39, 0.29) is 22.4 Å². The van der Waals surface area contributed by atoms with Gasteiger partial charge < -0.3 is 9.84 Å². The molecular weight excluding hydrogens is 339 g/mol. The number of thiazole rings is 1. The van der Waals surface area contributed by atoms with Crippen LogP contribution in [0.3, 0.4) is 0 Å². The number of benzene rings is 1. The Labute approximate surface area is 138 Å². The molecule has 24 heavy (non-hydrogen) atoms. The van der Waals surface area contributed by atoms with Crippen molar-refractivity contribution in [1.29, 1.82) is 0 Å². The first kappa shape index (κ1) is 15.7. The van der Waals surface area contributed by atoms with Gasteiger partial charge in [0.2, 0.25) is 5.91 Å². The molecular formula is C14H9FN4O4S. The van der Waals surface area contributed by atoms with E-state index in [0.717, 1.165) is 17.5 Å². The number of carbonyl (C=O) groups excluding carboxylic acids is 1. The van der Waals surface area contributed by atoms with Gasteiger partial charge in [0.05, 0.1) is 17.0 Å². The maximum atomic E-state index is 12.9. The first-order valence-electron chi connectivity index (χ1n) is 6.63. The van der Waals surface area contributed by atoms with Crippen molar-refractivity contribution in [2.24, 2.45) is 0 Å². The van der Waals surface area contributed by atoms with E-state index < -0.39 is 10.8 Å². The second-order valence-electron chi connectivity index (χ2n) is 4.68. The van der Waals surface area contributed by atoms with E-state index in [1.807, 2.05) is 0 Å². The van der Waals surface area contributed by atoms with Gasteiger partial charge in [0.1, 0.15) is 12.0 Å². The van der Waals surface area contributed by atoms with Crippen LogP contribution in [0.1, 0.15) is 5.69 Å². The van der Waals surface area contributed by atoms with Crippen molar-refractivity contribution in [3.8, 4) is 11.3 Å². The van der Waals surface area contributed by atoms with E-state index in [4.69, 9.17) is 4.52 Å². The SMILES string of the molecule is O=C(Cc1cc(-c2ccc(F)cc2)on1)Nc1ncc([N+](=O)[O-])s1. The van der Waals surface area contributed by atoms with Crippen LogP contribution in [0.15, 0.2) is 41.1 Å². The number of rotatable bonds is 5. The summed E-state index contributed by atoms with van der Waals surface area (Å²) >= 11 is 0.762. The molecule has 0 aliphatic rings. The van der Waals surface area contributed by atoms with Gasteiger partial charge in [0.15, 0.2) is 10.9 Å². The number of carbonyl (C=O) groups is 1. The van der Waals surface area contributed by atoms with Crippen LogP contribution in [-0.2, 0) is 11.2 Å². The zero-order chi connectivity index (χ0) is 17.1. The summed E-state index contributed by atoms with van der Waals surface area (Å²) in [6.45, 7) is 0. The Balaban J connectivity index is 1.64. The standard InChI is InChI=1S/C14H9FN4O4S/c15-9-3-1-8(2-4-9)11-5-10(18-23-11)6-12(20)17-14-16-7-13(24-14)19(21)22/h1-5,7H,6H2,(H,16,17,20). The Hall–Kier alpha value is -3.14. The summed E-state index contributed by atoms with van der Waals surface area (Å²) in [5.74, 6) is -0.392. The average Bonchev–Trinajstić information content (AvgIpc) is 3.17. The third-order valence-electron chi connectivity index (χ3n) is 2.95. The van der Waals surface area contributed by atoms with Gasteiger partial charge in [0.25, 0.3) is 0 Å². The topological polar surface area (TPSA) is 111 Å².